The molecule has 0 aromatic heterocycles. The van der Waals surface area contributed by atoms with Gasteiger partial charge in [0.15, 0.2) is 6.04 Å². The van der Waals surface area contributed by atoms with Crippen LogP contribution in [0.5, 0.6) is 0 Å². The predicted molar refractivity (Wildman–Crippen MR) is 49.0 cm³/mol. The molecule has 15 heavy (non-hydrogen) atoms. The molecule has 1 unspecified atom stereocenters. The zero-order chi connectivity index (χ0) is 11.9. The molecule has 2 N–H and O–H groups in total. The third-order valence-electron chi connectivity index (χ3n) is 2.61. The van der Waals surface area contributed by atoms with Crippen LogP contribution in [0.2, 0.25) is 0 Å². The number of likely N-dealkylation sites (tertiary alicyclic amines) is 1. The van der Waals surface area contributed by atoms with Crippen molar-refractivity contribution >= 4 is 5.91 Å². The first kappa shape index (κ1) is 12.3. The molecule has 0 radical (unpaired) electrons. The van der Waals surface area contributed by atoms with Crippen molar-refractivity contribution in [1.82, 2.24) is 4.90 Å². The maximum absolute atomic E-state index is 12.2. The Morgan fingerprint density at radius 1 is 1.47 bits per heavy atom. The predicted octanol–water partition coefficient (Wildman–Crippen LogP) is 1.13. The van der Waals surface area contributed by atoms with Gasteiger partial charge in [-0.05, 0) is 11.8 Å². The van der Waals surface area contributed by atoms with E-state index in [1.54, 1.807) is 0 Å². The Labute approximate surface area is 86.4 Å². The highest BCUT2D eigenvalue weighted by atomic mass is 19.4. The second-order valence-corrected chi connectivity index (χ2v) is 4.69. The lowest BCUT2D eigenvalue weighted by molar-refractivity contribution is -0.169. The number of nitrogens with two attached hydrogens (primary N) is 1. The lowest BCUT2D eigenvalue weighted by atomic mass is 9.93. The van der Waals surface area contributed by atoms with Gasteiger partial charge >= 0.3 is 6.18 Å². The molecule has 1 heterocycles. The zero-order valence-electron chi connectivity index (χ0n) is 8.77. The van der Waals surface area contributed by atoms with Gasteiger partial charge in [-0.15, -0.1) is 0 Å². The summed E-state index contributed by atoms with van der Waals surface area (Å²) in [5.74, 6) is -1.02. The second kappa shape index (κ2) is 3.66. The topological polar surface area (TPSA) is 46.3 Å². The summed E-state index contributed by atoms with van der Waals surface area (Å²) in [6.07, 6.45) is -3.94. The van der Waals surface area contributed by atoms with Crippen molar-refractivity contribution in [2.75, 3.05) is 13.1 Å². The summed E-state index contributed by atoms with van der Waals surface area (Å²) in [5.41, 5.74) is 4.74. The molecule has 0 aromatic rings. The lowest BCUT2D eigenvalue weighted by Crippen LogP contribution is -2.51. The normalized spacial score (nSPS) is 22.9. The Hall–Kier alpha value is -0.780. The molecule has 1 amide bonds. The van der Waals surface area contributed by atoms with Crippen LogP contribution in [0.25, 0.3) is 0 Å². The molecule has 1 saturated heterocycles. The molecule has 1 rings (SSSR count). The Kier molecular flexibility index (Phi) is 3.00. The van der Waals surface area contributed by atoms with Crippen molar-refractivity contribution in [3.63, 3.8) is 0 Å². The van der Waals surface area contributed by atoms with E-state index in [1.165, 1.54) is 4.90 Å². The maximum atomic E-state index is 12.2. The number of carbonyl (C=O) groups excluding carboxylic acids is 1. The first-order chi connectivity index (χ1) is 6.63. The van der Waals surface area contributed by atoms with Crippen molar-refractivity contribution in [2.24, 2.45) is 11.1 Å². The van der Waals surface area contributed by atoms with Crippen LogP contribution in [0, 0.1) is 5.41 Å². The standard InChI is InChI=1S/C9H15F3N2O/c1-8(2)3-4-14(5-8)7(15)6(13)9(10,11)12/h6H,3-5,13H2,1-2H3. The fourth-order valence-electron chi connectivity index (χ4n) is 1.64. The number of rotatable bonds is 1. The van der Waals surface area contributed by atoms with Crippen LogP contribution >= 0.6 is 0 Å². The minimum Gasteiger partial charge on any atom is -0.340 e. The average molecular weight is 224 g/mol. The molecule has 88 valence electrons. The van der Waals surface area contributed by atoms with E-state index in [9.17, 15) is 18.0 Å². The molecule has 0 bridgehead atoms. The number of nitrogens with zero attached hydrogens (tertiary/aromatic N) is 1. The summed E-state index contributed by atoms with van der Waals surface area (Å²) >= 11 is 0. The van der Waals surface area contributed by atoms with Gasteiger partial charge in [-0.2, -0.15) is 13.2 Å². The molecular formula is C9H15F3N2O. The molecule has 3 nitrogen and oxygen atoms in total. The Bertz CT molecular complexity index is 263. The van der Waals surface area contributed by atoms with Gasteiger partial charge in [0.05, 0.1) is 0 Å². The highest BCUT2D eigenvalue weighted by Crippen LogP contribution is 2.30. The highest BCUT2D eigenvalue weighted by Gasteiger charge is 2.45. The Morgan fingerprint density at radius 3 is 2.33 bits per heavy atom. The van der Waals surface area contributed by atoms with E-state index in [1.807, 2.05) is 13.8 Å². The molecule has 1 atom stereocenters. The minimum absolute atomic E-state index is 0.110. The summed E-state index contributed by atoms with van der Waals surface area (Å²) in [4.78, 5) is 12.6. The molecule has 0 saturated carbocycles. The van der Waals surface area contributed by atoms with Gasteiger partial charge in [-0.3, -0.25) is 4.79 Å². The van der Waals surface area contributed by atoms with E-state index < -0.39 is 18.1 Å². The number of carbonyl (C=O) groups is 1. The molecule has 6 heteroatoms. The quantitative estimate of drug-likeness (QED) is 0.725. The van der Waals surface area contributed by atoms with Crippen molar-refractivity contribution in [2.45, 2.75) is 32.5 Å². The number of amides is 1. The van der Waals surface area contributed by atoms with Gasteiger partial charge < -0.3 is 10.6 Å². The van der Waals surface area contributed by atoms with Gasteiger partial charge in [0, 0.05) is 13.1 Å². The van der Waals surface area contributed by atoms with Crippen LogP contribution in [0.4, 0.5) is 13.2 Å². The first-order valence-corrected chi connectivity index (χ1v) is 4.74. The summed E-state index contributed by atoms with van der Waals surface area (Å²) in [7, 11) is 0. The van der Waals surface area contributed by atoms with E-state index in [2.05, 4.69) is 0 Å². The van der Waals surface area contributed by atoms with Gasteiger partial charge in [-0.1, -0.05) is 13.8 Å². The largest absolute Gasteiger partial charge is 0.412 e. The average Bonchev–Trinajstić information content (AvgIpc) is 2.42. The van der Waals surface area contributed by atoms with E-state index in [4.69, 9.17) is 5.73 Å². The summed E-state index contributed by atoms with van der Waals surface area (Å²) in [6, 6.07) is -2.38. The molecule has 1 aliphatic rings. The summed E-state index contributed by atoms with van der Waals surface area (Å²) in [6.45, 7) is 4.53. The highest BCUT2D eigenvalue weighted by molar-refractivity contribution is 5.82. The lowest BCUT2D eigenvalue weighted by Gasteiger charge is -2.24. The smallest absolute Gasteiger partial charge is 0.340 e. The fraction of sp³-hybridized carbons (Fsp3) is 0.889. The summed E-state index contributed by atoms with van der Waals surface area (Å²) in [5, 5.41) is 0. The van der Waals surface area contributed by atoms with Crippen LogP contribution in [-0.2, 0) is 4.79 Å². The monoisotopic (exact) mass is 224 g/mol. The number of alkyl halides is 3. The minimum atomic E-state index is -4.65. The molecular weight excluding hydrogens is 209 g/mol. The van der Waals surface area contributed by atoms with Gasteiger partial charge in [0.2, 0.25) is 5.91 Å². The van der Waals surface area contributed by atoms with Crippen molar-refractivity contribution < 1.29 is 18.0 Å². The van der Waals surface area contributed by atoms with Crippen molar-refractivity contribution in [3.8, 4) is 0 Å². The third-order valence-corrected chi connectivity index (χ3v) is 2.61. The zero-order valence-corrected chi connectivity index (χ0v) is 8.77. The van der Waals surface area contributed by atoms with Crippen LogP contribution < -0.4 is 5.73 Å². The van der Waals surface area contributed by atoms with E-state index in [0.717, 1.165) is 0 Å². The van der Waals surface area contributed by atoms with Crippen LogP contribution in [0.3, 0.4) is 0 Å². The second-order valence-electron chi connectivity index (χ2n) is 4.69. The van der Waals surface area contributed by atoms with Gasteiger partial charge in [0.1, 0.15) is 0 Å². The van der Waals surface area contributed by atoms with Gasteiger partial charge in [-0.25, -0.2) is 0 Å². The van der Waals surface area contributed by atoms with Gasteiger partial charge in [0.25, 0.3) is 0 Å². The van der Waals surface area contributed by atoms with Crippen LogP contribution in [-0.4, -0.2) is 36.1 Å². The molecule has 1 aliphatic heterocycles. The Morgan fingerprint density at radius 2 is 2.00 bits per heavy atom. The molecule has 1 fully saturated rings. The SMILES string of the molecule is CC1(C)CCN(C(=O)C(N)C(F)(F)F)C1. The number of hydrogen-bond donors (Lipinski definition) is 1. The summed E-state index contributed by atoms with van der Waals surface area (Å²) < 4.78 is 36.5. The fourth-order valence-corrected chi connectivity index (χ4v) is 1.64. The van der Waals surface area contributed by atoms with Crippen LogP contribution in [0.1, 0.15) is 20.3 Å². The van der Waals surface area contributed by atoms with E-state index in [0.29, 0.717) is 19.5 Å². The molecule has 0 aromatic carbocycles. The molecule has 0 aliphatic carbocycles. The van der Waals surface area contributed by atoms with E-state index in [-0.39, 0.29) is 5.41 Å². The number of hydrogen-bond acceptors (Lipinski definition) is 2. The number of halogens is 3. The maximum Gasteiger partial charge on any atom is 0.412 e. The third kappa shape index (κ3) is 2.84. The van der Waals surface area contributed by atoms with Crippen molar-refractivity contribution in [1.29, 1.82) is 0 Å². The van der Waals surface area contributed by atoms with E-state index >= 15 is 0 Å². The van der Waals surface area contributed by atoms with Crippen LogP contribution in [0.15, 0.2) is 0 Å². The molecule has 0 spiro atoms. The first-order valence-electron chi connectivity index (χ1n) is 4.74. The Balaban J connectivity index is 2.64. The van der Waals surface area contributed by atoms with Crippen molar-refractivity contribution in [3.05, 3.63) is 0 Å².